The van der Waals surface area contributed by atoms with Crippen LogP contribution >= 0.6 is 0 Å². The van der Waals surface area contributed by atoms with Gasteiger partial charge >= 0.3 is 12.3 Å². The molecule has 0 amide bonds. The number of hydrogen-bond donors (Lipinski definition) is 2. The minimum Gasteiger partial charge on any atom is -0.449 e. The number of aryl methyl sites for hydroxylation is 1. The summed E-state index contributed by atoms with van der Waals surface area (Å²) in [6, 6.07) is 8.54. The number of benzene rings is 2. The first-order chi connectivity index (χ1) is 8.99. The van der Waals surface area contributed by atoms with Crippen LogP contribution < -0.4 is 9.47 Å². The lowest BCUT2D eigenvalue weighted by Crippen LogP contribution is -2.09. The molecule has 19 heavy (non-hydrogen) atoms. The highest BCUT2D eigenvalue weighted by atomic mass is 16.7. The Morgan fingerprint density at radius 2 is 1.68 bits per heavy atom. The van der Waals surface area contributed by atoms with Gasteiger partial charge in [-0.1, -0.05) is 24.3 Å². The normalized spacial score (nSPS) is 10.2. The molecule has 0 radical (unpaired) electrons. The first-order valence-corrected chi connectivity index (χ1v) is 5.33. The maximum atomic E-state index is 10.7. The van der Waals surface area contributed by atoms with Crippen molar-refractivity contribution in [2.45, 2.75) is 6.92 Å². The zero-order valence-electron chi connectivity index (χ0n) is 9.91. The summed E-state index contributed by atoms with van der Waals surface area (Å²) in [5.74, 6) is -0.264. The zero-order chi connectivity index (χ0) is 14.0. The molecule has 98 valence electrons. The highest BCUT2D eigenvalue weighted by Gasteiger charge is 2.17. The lowest BCUT2D eigenvalue weighted by Gasteiger charge is -2.12. The summed E-state index contributed by atoms with van der Waals surface area (Å²) in [5.41, 5.74) is 0.497. The first-order valence-electron chi connectivity index (χ1n) is 5.33. The Balaban J connectivity index is 2.68. The Hall–Kier alpha value is -2.76. The van der Waals surface area contributed by atoms with E-state index in [0.717, 1.165) is 10.8 Å². The molecule has 0 saturated heterocycles. The molecule has 0 aliphatic heterocycles. The van der Waals surface area contributed by atoms with Crippen molar-refractivity contribution >= 4 is 23.1 Å². The van der Waals surface area contributed by atoms with Crippen LogP contribution in [0.2, 0.25) is 0 Å². The lowest BCUT2D eigenvalue weighted by atomic mass is 10.0. The van der Waals surface area contributed by atoms with Crippen LogP contribution in [0.25, 0.3) is 10.8 Å². The predicted molar refractivity (Wildman–Crippen MR) is 66.0 cm³/mol. The molecule has 6 heteroatoms. The average Bonchev–Trinajstić information content (AvgIpc) is 2.33. The Labute approximate surface area is 107 Å². The number of hydrogen-bond acceptors (Lipinski definition) is 4. The number of carboxylic acid groups (broad SMARTS) is 2. The molecular weight excluding hydrogens is 252 g/mol. The molecule has 0 unspecified atom stereocenters. The fraction of sp³-hybridized carbons (Fsp3) is 0.0769. The third-order valence-corrected chi connectivity index (χ3v) is 2.60. The second-order valence-electron chi connectivity index (χ2n) is 3.79. The van der Waals surface area contributed by atoms with E-state index < -0.39 is 12.3 Å². The van der Waals surface area contributed by atoms with Crippen LogP contribution in [0, 0.1) is 6.92 Å². The SMILES string of the molecule is Cc1c(OC(=O)O)c(OC(=O)O)cc2ccccc12. The van der Waals surface area contributed by atoms with Crippen molar-refractivity contribution < 1.29 is 29.3 Å². The maximum Gasteiger partial charge on any atom is 0.511 e. The van der Waals surface area contributed by atoms with Crippen molar-refractivity contribution in [2.24, 2.45) is 0 Å². The summed E-state index contributed by atoms with van der Waals surface area (Å²) < 4.78 is 9.18. The van der Waals surface area contributed by atoms with E-state index in [4.69, 9.17) is 10.2 Å². The third kappa shape index (κ3) is 2.57. The second kappa shape index (κ2) is 4.85. The number of carbonyl (C=O) groups is 2. The van der Waals surface area contributed by atoms with Crippen molar-refractivity contribution in [3.63, 3.8) is 0 Å². The molecule has 6 nitrogen and oxygen atoms in total. The maximum absolute atomic E-state index is 10.7. The number of ether oxygens (including phenoxy) is 2. The van der Waals surface area contributed by atoms with E-state index in [9.17, 15) is 9.59 Å². The van der Waals surface area contributed by atoms with Crippen LogP contribution in [0.15, 0.2) is 30.3 Å². The Bertz CT molecular complexity index is 661. The lowest BCUT2D eigenvalue weighted by molar-refractivity contribution is 0.132. The average molecular weight is 262 g/mol. The minimum absolute atomic E-state index is 0.117. The van der Waals surface area contributed by atoms with Gasteiger partial charge in [0.1, 0.15) is 0 Å². The van der Waals surface area contributed by atoms with E-state index in [1.807, 2.05) is 0 Å². The van der Waals surface area contributed by atoms with Crippen LogP contribution in [0.1, 0.15) is 5.56 Å². The number of rotatable bonds is 2. The van der Waals surface area contributed by atoms with Gasteiger partial charge in [0.05, 0.1) is 0 Å². The van der Waals surface area contributed by atoms with Crippen LogP contribution in [0.4, 0.5) is 9.59 Å². The standard InChI is InChI=1S/C13H10O6/c1-7-9-5-3-2-4-8(9)6-10(18-12(14)15)11(7)19-13(16)17/h2-6H,1H3,(H,14,15)(H,16,17). The van der Waals surface area contributed by atoms with E-state index in [1.54, 1.807) is 31.2 Å². The van der Waals surface area contributed by atoms with E-state index in [-0.39, 0.29) is 11.5 Å². The number of fused-ring (bicyclic) bond motifs is 1. The summed E-state index contributed by atoms with van der Waals surface area (Å²) in [4.78, 5) is 21.3. The van der Waals surface area contributed by atoms with Gasteiger partial charge in [-0.05, 0) is 23.8 Å². The largest absolute Gasteiger partial charge is 0.511 e. The topological polar surface area (TPSA) is 93.1 Å². The molecular formula is C13H10O6. The summed E-state index contributed by atoms with van der Waals surface area (Å²) in [6.07, 6.45) is -3.07. The second-order valence-corrected chi connectivity index (χ2v) is 3.79. The summed E-state index contributed by atoms with van der Waals surface area (Å²) >= 11 is 0. The van der Waals surface area contributed by atoms with Gasteiger partial charge in [-0.3, -0.25) is 0 Å². The molecule has 2 aromatic rings. The van der Waals surface area contributed by atoms with Gasteiger partial charge in [-0.2, -0.15) is 0 Å². The van der Waals surface area contributed by atoms with Gasteiger partial charge in [-0.15, -0.1) is 0 Å². The molecule has 0 fully saturated rings. The van der Waals surface area contributed by atoms with Crippen LogP contribution in [-0.2, 0) is 0 Å². The van der Waals surface area contributed by atoms with Crippen molar-refractivity contribution in [3.8, 4) is 11.5 Å². The Kier molecular flexibility index (Phi) is 3.24. The van der Waals surface area contributed by atoms with Crippen molar-refractivity contribution in [1.82, 2.24) is 0 Å². The molecule has 0 spiro atoms. The molecule has 0 aromatic heterocycles. The van der Waals surface area contributed by atoms with E-state index >= 15 is 0 Å². The zero-order valence-corrected chi connectivity index (χ0v) is 9.91. The molecule has 2 rings (SSSR count). The Morgan fingerprint density at radius 3 is 2.32 bits per heavy atom. The van der Waals surface area contributed by atoms with Crippen molar-refractivity contribution in [2.75, 3.05) is 0 Å². The third-order valence-electron chi connectivity index (χ3n) is 2.60. The van der Waals surface area contributed by atoms with Gasteiger partial charge in [0.2, 0.25) is 0 Å². The van der Waals surface area contributed by atoms with Gasteiger partial charge in [0.15, 0.2) is 11.5 Å². The van der Waals surface area contributed by atoms with Gasteiger partial charge < -0.3 is 19.7 Å². The van der Waals surface area contributed by atoms with Crippen LogP contribution in [-0.4, -0.2) is 22.5 Å². The first kappa shape index (κ1) is 12.7. The van der Waals surface area contributed by atoms with Gasteiger partial charge in [-0.25, -0.2) is 9.59 Å². The highest BCUT2D eigenvalue weighted by molar-refractivity contribution is 5.91. The molecule has 2 aromatic carbocycles. The molecule has 0 aliphatic carbocycles. The molecule has 0 bridgehead atoms. The van der Waals surface area contributed by atoms with Crippen molar-refractivity contribution in [3.05, 3.63) is 35.9 Å². The Morgan fingerprint density at radius 1 is 1.05 bits per heavy atom. The summed E-state index contributed by atoms with van der Waals surface area (Å²) in [5, 5.41) is 18.9. The van der Waals surface area contributed by atoms with Gasteiger partial charge in [0.25, 0.3) is 0 Å². The van der Waals surface area contributed by atoms with Gasteiger partial charge in [0, 0.05) is 5.56 Å². The minimum atomic E-state index is -1.54. The molecule has 0 atom stereocenters. The van der Waals surface area contributed by atoms with E-state index in [1.165, 1.54) is 6.07 Å². The smallest absolute Gasteiger partial charge is 0.449 e. The monoisotopic (exact) mass is 262 g/mol. The van der Waals surface area contributed by atoms with Crippen LogP contribution in [0.3, 0.4) is 0 Å². The highest BCUT2D eigenvalue weighted by Crippen LogP contribution is 2.37. The van der Waals surface area contributed by atoms with Crippen molar-refractivity contribution in [1.29, 1.82) is 0 Å². The molecule has 0 saturated carbocycles. The summed E-state index contributed by atoms with van der Waals surface area (Å²) in [7, 11) is 0. The summed E-state index contributed by atoms with van der Waals surface area (Å²) in [6.45, 7) is 1.63. The fourth-order valence-electron chi connectivity index (χ4n) is 1.86. The molecule has 0 heterocycles. The van der Waals surface area contributed by atoms with E-state index in [2.05, 4.69) is 9.47 Å². The predicted octanol–water partition coefficient (Wildman–Crippen LogP) is 3.26. The molecule has 2 N–H and O–H groups in total. The quantitative estimate of drug-likeness (QED) is 0.637. The van der Waals surface area contributed by atoms with Crippen LogP contribution in [0.5, 0.6) is 11.5 Å². The van der Waals surface area contributed by atoms with E-state index in [0.29, 0.717) is 5.56 Å². The fourth-order valence-corrected chi connectivity index (χ4v) is 1.86. The molecule has 0 aliphatic rings.